The van der Waals surface area contributed by atoms with Crippen LogP contribution in [0.4, 0.5) is 22.0 Å². The molecule has 100 valence electrons. The Hall–Kier alpha value is -1.86. The van der Waals surface area contributed by atoms with E-state index in [0.717, 1.165) is 12.1 Å². The zero-order chi connectivity index (χ0) is 13.8. The highest BCUT2D eigenvalue weighted by atomic mass is 19.4. The van der Waals surface area contributed by atoms with E-state index in [2.05, 4.69) is 10.1 Å². The molecule has 1 amide bonds. The third kappa shape index (κ3) is 3.57. The Balaban J connectivity index is 2.82. The molecule has 0 atom stereocenters. The maximum Gasteiger partial charge on any atom is 0.499 e. The van der Waals surface area contributed by atoms with Crippen molar-refractivity contribution in [3.05, 3.63) is 29.8 Å². The summed E-state index contributed by atoms with van der Waals surface area (Å²) in [5.41, 5.74) is 0.331. The molecule has 0 saturated heterocycles. The van der Waals surface area contributed by atoms with Gasteiger partial charge in [-0.3, -0.25) is 4.79 Å². The quantitative estimate of drug-likeness (QED) is 0.658. The fourth-order valence-corrected chi connectivity index (χ4v) is 1.08. The molecule has 0 aromatic heterocycles. The molecule has 0 fully saturated rings. The summed E-state index contributed by atoms with van der Waals surface area (Å²) in [6.07, 6.45) is -10.7. The number of hydrogen-bond acceptors (Lipinski definition) is 2. The minimum Gasteiger partial charge on any atom is -0.426 e. The molecule has 0 aliphatic heterocycles. The number of carbonyl (C=O) groups is 1. The molecule has 0 aliphatic rings. The van der Waals surface area contributed by atoms with Crippen molar-refractivity contribution < 1.29 is 31.5 Å². The number of hydrogen-bond donors (Lipinski definition) is 1. The molecule has 0 unspecified atom stereocenters. The van der Waals surface area contributed by atoms with Crippen LogP contribution < -0.4 is 10.1 Å². The van der Waals surface area contributed by atoms with Gasteiger partial charge in [-0.15, -0.1) is 0 Å². The standard InChI is InChI=1S/C10H8F5NO2/c11-9(12,13)10(14,15)18-8-3-1-2-7(4-8)5-16-6-17/h1-4,6H,5H2,(H,16,17). The Kier molecular flexibility index (Phi) is 4.10. The van der Waals surface area contributed by atoms with E-state index in [4.69, 9.17) is 0 Å². The van der Waals surface area contributed by atoms with E-state index in [9.17, 15) is 26.7 Å². The first kappa shape index (κ1) is 14.2. The summed E-state index contributed by atoms with van der Waals surface area (Å²) in [6.45, 7) is -0.00170. The van der Waals surface area contributed by atoms with Gasteiger partial charge in [0.2, 0.25) is 6.41 Å². The second kappa shape index (κ2) is 5.19. The van der Waals surface area contributed by atoms with Crippen LogP contribution in [0.2, 0.25) is 0 Å². The van der Waals surface area contributed by atoms with Crippen molar-refractivity contribution in [3.8, 4) is 5.75 Å². The molecule has 18 heavy (non-hydrogen) atoms. The van der Waals surface area contributed by atoms with E-state index in [1.807, 2.05) is 0 Å². The van der Waals surface area contributed by atoms with Gasteiger partial charge in [-0.25, -0.2) is 0 Å². The highest BCUT2D eigenvalue weighted by Crippen LogP contribution is 2.37. The lowest BCUT2D eigenvalue weighted by molar-refractivity contribution is -0.360. The van der Waals surface area contributed by atoms with Gasteiger partial charge in [-0.05, 0) is 17.7 Å². The highest BCUT2D eigenvalue weighted by Gasteiger charge is 2.61. The van der Waals surface area contributed by atoms with E-state index in [0.29, 0.717) is 12.0 Å². The monoisotopic (exact) mass is 269 g/mol. The summed E-state index contributed by atoms with van der Waals surface area (Å²) in [4.78, 5) is 10.0. The Labute approximate surface area is 98.5 Å². The molecule has 1 aromatic rings. The van der Waals surface area contributed by atoms with E-state index < -0.39 is 18.0 Å². The van der Waals surface area contributed by atoms with E-state index in [-0.39, 0.29) is 6.54 Å². The molecule has 0 heterocycles. The van der Waals surface area contributed by atoms with E-state index >= 15 is 0 Å². The molecule has 1 N–H and O–H groups in total. The fraction of sp³-hybridized carbons (Fsp3) is 0.300. The average Bonchev–Trinajstić information content (AvgIpc) is 2.24. The number of benzene rings is 1. The molecule has 0 aliphatic carbocycles. The number of nitrogens with one attached hydrogen (secondary N) is 1. The SMILES string of the molecule is O=CNCc1cccc(OC(F)(F)C(F)(F)F)c1. The first-order valence-corrected chi connectivity index (χ1v) is 4.66. The number of alkyl halides is 5. The van der Waals surface area contributed by atoms with Crippen molar-refractivity contribution >= 4 is 6.41 Å². The van der Waals surface area contributed by atoms with Crippen molar-refractivity contribution in [1.82, 2.24) is 5.32 Å². The van der Waals surface area contributed by atoms with E-state index in [1.165, 1.54) is 12.1 Å². The molecule has 0 saturated carbocycles. The molecule has 1 rings (SSSR count). The van der Waals surface area contributed by atoms with Gasteiger partial charge in [-0.1, -0.05) is 12.1 Å². The zero-order valence-electron chi connectivity index (χ0n) is 8.80. The number of amides is 1. The molecule has 8 heteroatoms. The van der Waals surface area contributed by atoms with Gasteiger partial charge in [0.05, 0.1) is 0 Å². The average molecular weight is 269 g/mol. The van der Waals surface area contributed by atoms with Crippen LogP contribution in [0.25, 0.3) is 0 Å². The van der Waals surface area contributed by atoms with Gasteiger partial charge in [0, 0.05) is 6.54 Å². The van der Waals surface area contributed by atoms with Crippen molar-refractivity contribution in [1.29, 1.82) is 0 Å². The third-order valence-corrected chi connectivity index (χ3v) is 1.86. The van der Waals surface area contributed by atoms with Gasteiger partial charge >= 0.3 is 12.3 Å². The van der Waals surface area contributed by atoms with Crippen molar-refractivity contribution in [3.63, 3.8) is 0 Å². The first-order valence-electron chi connectivity index (χ1n) is 4.66. The first-order chi connectivity index (χ1) is 8.26. The van der Waals surface area contributed by atoms with Crippen molar-refractivity contribution in [2.45, 2.75) is 18.8 Å². The number of ether oxygens (including phenoxy) is 1. The molecule has 1 aromatic carbocycles. The maximum atomic E-state index is 12.6. The van der Waals surface area contributed by atoms with Crippen LogP contribution >= 0.6 is 0 Å². The molecule has 0 bridgehead atoms. The van der Waals surface area contributed by atoms with Gasteiger partial charge in [0.15, 0.2) is 0 Å². The normalized spacial score (nSPS) is 12.1. The molecule has 3 nitrogen and oxygen atoms in total. The van der Waals surface area contributed by atoms with Gasteiger partial charge < -0.3 is 10.1 Å². The number of carbonyl (C=O) groups excluding carboxylic acids is 1. The second-order valence-electron chi connectivity index (χ2n) is 3.26. The van der Waals surface area contributed by atoms with Crippen molar-refractivity contribution in [2.24, 2.45) is 0 Å². The lowest BCUT2D eigenvalue weighted by Gasteiger charge is -2.20. The third-order valence-electron chi connectivity index (χ3n) is 1.86. The highest BCUT2D eigenvalue weighted by molar-refractivity contribution is 5.46. The lowest BCUT2D eigenvalue weighted by Crippen LogP contribution is -2.41. The van der Waals surface area contributed by atoms with E-state index in [1.54, 1.807) is 0 Å². The fourth-order valence-electron chi connectivity index (χ4n) is 1.08. The summed E-state index contributed by atoms with van der Waals surface area (Å²) in [5.74, 6) is -0.637. The molecular formula is C10H8F5NO2. The summed E-state index contributed by atoms with van der Waals surface area (Å²) < 4.78 is 64.4. The summed E-state index contributed by atoms with van der Waals surface area (Å²) >= 11 is 0. The smallest absolute Gasteiger partial charge is 0.426 e. The Bertz CT molecular complexity index is 419. The van der Waals surface area contributed by atoms with Crippen LogP contribution in [0.15, 0.2) is 24.3 Å². The van der Waals surface area contributed by atoms with Crippen LogP contribution in [0.1, 0.15) is 5.56 Å². The van der Waals surface area contributed by atoms with Crippen LogP contribution in [0.5, 0.6) is 5.75 Å². The number of halogens is 5. The minimum atomic E-state index is -5.79. The van der Waals surface area contributed by atoms with Gasteiger partial charge in [0.1, 0.15) is 5.75 Å². The molecule has 0 spiro atoms. The number of rotatable bonds is 5. The van der Waals surface area contributed by atoms with Crippen LogP contribution in [-0.4, -0.2) is 18.7 Å². The van der Waals surface area contributed by atoms with Gasteiger partial charge in [0.25, 0.3) is 0 Å². The zero-order valence-corrected chi connectivity index (χ0v) is 8.80. The van der Waals surface area contributed by atoms with Crippen LogP contribution in [-0.2, 0) is 11.3 Å². The largest absolute Gasteiger partial charge is 0.499 e. The summed E-state index contributed by atoms with van der Waals surface area (Å²) in [7, 11) is 0. The van der Waals surface area contributed by atoms with Crippen molar-refractivity contribution in [2.75, 3.05) is 0 Å². The predicted molar refractivity (Wildman–Crippen MR) is 51.0 cm³/mol. The predicted octanol–water partition coefficient (Wildman–Crippen LogP) is 2.47. The lowest BCUT2D eigenvalue weighted by atomic mass is 10.2. The summed E-state index contributed by atoms with van der Waals surface area (Å²) in [6, 6.07) is 4.62. The Morgan fingerprint density at radius 3 is 2.44 bits per heavy atom. The maximum absolute atomic E-state index is 12.6. The molecular weight excluding hydrogens is 261 g/mol. The van der Waals surface area contributed by atoms with Crippen LogP contribution in [0, 0.1) is 0 Å². The van der Waals surface area contributed by atoms with Crippen LogP contribution in [0.3, 0.4) is 0 Å². The minimum absolute atomic E-state index is 0.00170. The Morgan fingerprint density at radius 1 is 1.22 bits per heavy atom. The Morgan fingerprint density at radius 2 is 1.89 bits per heavy atom. The molecule has 0 radical (unpaired) electrons. The van der Waals surface area contributed by atoms with Gasteiger partial charge in [-0.2, -0.15) is 22.0 Å². The summed E-state index contributed by atoms with van der Waals surface area (Å²) in [5, 5.41) is 2.24. The topological polar surface area (TPSA) is 38.3 Å². The second-order valence-corrected chi connectivity index (χ2v) is 3.26.